The van der Waals surface area contributed by atoms with E-state index in [1.165, 1.54) is 6.92 Å². The summed E-state index contributed by atoms with van der Waals surface area (Å²) >= 11 is 0. The molecule has 1 fully saturated rings. The summed E-state index contributed by atoms with van der Waals surface area (Å²) in [5.74, 6) is -4.50. The average molecular weight is 543 g/mol. The largest absolute Gasteiger partial charge is 0.550 e. The summed E-state index contributed by atoms with van der Waals surface area (Å²) in [6, 6.07) is -0.269. The lowest BCUT2D eigenvalue weighted by molar-refractivity contribution is -0.870. The van der Waals surface area contributed by atoms with Crippen LogP contribution >= 0.6 is 0 Å². The molecule has 1 aliphatic heterocycles. The van der Waals surface area contributed by atoms with Gasteiger partial charge in [-0.2, -0.15) is 0 Å². The van der Waals surface area contributed by atoms with Crippen molar-refractivity contribution < 1.29 is 63.8 Å². The van der Waals surface area contributed by atoms with Crippen LogP contribution < -0.4 is 10.4 Å². The highest BCUT2D eigenvalue weighted by atomic mass is 16.6. The van der Waals surface area contributed by atoms with Gasteiger partial charge < -0.3 is 50.0 Å². The van der Waals surface area contributed by atoms with Gasteiger partial charge in [-0.1, -0.05) is 13.8 Å². The molecule has 3 atom stereocenters. The van der Waals surface area contributed by atoms with Crippen LogP contribution in [0.2, 0.25) is 0 Å². The van der Waals surface area contributed by atoms with Crippen molar-refractivity contribution in [1.82, 2.24) is 5.32 Å². The minimum Gasteiger partial charge on any atom is -0.550 e. The van der Waals surface area contributed by atoms with Crippen LogP contribution in [0.1, 0.15) is 53.4 Å². The van der Waals surface area contributed by atoms with Crippen LogP contribution in [0.5, 0.6) is 0 Å². The van der Waals surface area contributed by atoms with Crippen LogP contribution in [0, 0.1) is 5.92 Å². The number of aliphatic hydroxyl groups excluding tert-OH is 2. The van der Waals surface area contributed by atoms with Crippen molar-refractivity contribution in [3.63, 3.8) is 0 Å². The lowest BCUT2D eigenvalue weighted by atomic mass is 10.1. The molecular formula is C23H46N2O12. The van der Waals surface area contributed by atoms with Gasteiger partial charge >= 0.3 is 17.9 Å². The normalized spacial score (nSPS) is 15.2. The molecule has 14 nitrogen and oxygen atoms in total. The maximum absolute atomic E-state index is 10.2. The van der Waals surface area contributed by atoms with Gasteiger partial charge in [-0.25, -0.2) is 4.79 Å². The number of likely N-dealkylation sites (N-methyl/N-ethyl adjacent to an activating group) is 1. The molecule has 1 aliphatic rings. The summed E-state index contributed by atoms with van der Waals surface area (Å²) in [4.78, 5) is 49.3. The van der Waals surface area contributed by atoms with Crippen LogP contribution in [-0.2, 0) is 28.7 Å². The molecule has 0 aliphatic carbocycles. The third-order valence-corrected chi connectivity index (χ3v) is 3.91. The zero-order valence-electron chi connectivity index (χ0n) is 22.9. The lowest BCUT2D eigenvalue weighted by Crippen LogP contribution is -2.36. The highest BCUT2D eigenvalue weighted by molar-refractivity contribution is 5.76. The highest BCUT2D eigenvalue weighted by Gasteiger charge is 2.20. The van der Waals surface area contributed by atoms with Crippen molar-refractivity contribution in [3.05, 3.63) is 0 Å². The number of rotatable bonds is 9. The van der Waals surface area contributed by atoms with E-state index in [9.17, 15) is 24.3 Å². The molecule has 37 heavy (non-hydrogen) atoms. The molecule has 0 amide bonds. The Hall–Kier alpha value is -2.81. The number of nitrogens with one attached hydrogen (secondary N) is 1. The second-order valence-corrected chi connectivity index (χ2v) is 8.95. The summed E-state index contributed by atoms with van der Waals surface area (Å²) < 4.78 is 5.27. The molecular weight excluding hydrogens is 496 g/mol. The quantitative estimate of drug-likeness (QED) is 0.148. The Kier molecular flexibility index (Phi) is 27.8. The molecule has 1 rings (SSSR count). The number of hydrogen-bond acceptors (Lipinski definition) is 10. The molecule has 1 saturated heterocycles. The highest BCUT2D eigenvalue weighted by Crippen LogP contribution is 2.03. The fourth-order valence-corrected chi connectivity index (χ4v) is 2.05. The summed E-state index contributed by atoms with van der Waals surface area (Å²) in [6.07, 6.45) is 1.04. The second kappa shape index (κ2) is 24.9. The molecule has 0 aromatic rings. The van der Waals surface area contributed by atoms with Crippen LogP contribution in [0.4, 0.5) is 0 Å². The smallest absolute Gasteiger partial charge is 0.345 e. The van der Waals surface area contributed by atoms with Crippen LogP contribution in [0.3, 0.4) is 0 Å². The van der Waals surface area contributed by atoms with Crippen molar-refractivity contribution in [3.8, 4) is 0 Å². The van der Waals surface area contributed by atoms with E-state index in [0.29, 0.717) is 6.42 Å². The molecule has 0 spiro atoms. The lowest BCUT2D eigenvalue weighted by Gasteiger charge is -2.21. The van der Waals surface area contributed by atoms with Crippen LogP contribution in [0.15, 0.2) is 0 Å². The summed E-state index contributed by atoms with van der Waals surface area (Å²) in [5, 5.41) is 53.4. The van der Waals surface area contributed by atoms with Gasteiger partial charge in [0.25, 0.3) is 5.97 Å². The number of nitrogens with zero attached hydrogens (tertiary/aromatic N) is 1. The first-order valence-electron chi connectivity index (χ1n) is 11.6. The Morgan fingerprint density at radius 2 is 1.54 bits per heavy atom. The third kappa shape index (κ3) is 40.6. The first kappa shape index (κ1) is 41.3. The van der Waals surface area contributed by atoms with Gasteiger partial charge in [-0.05, 0) is 38.1 Å². The zero-order chi connectivity index (χ0) is 30.2. The van der Waals surface area contributed by atoms with E-state index in [1.807, 2.05) is 0 Å². The number of quaternary nitrogens is 1. The van der Waals surface area contributed by atoms with Gasteiger partial charge in [-0.15, -0.1) is 0 Å². The number of esters is 1. The third-order valence-electron chi connectivity index (χ3n) is 3.91. The van der Waals surface area contributed by atoms with Gasteiger partial charge in [0.05, 0.1) is 27.7 Å². The topological polar surface area (TPSA) is 231 Å². The molecule has 0 aromatic carbocycles. The first-order chi connectivity index (χ1) is 16.8. The number of aliphatic hydroxyl groups is 2. The molecule has 0 aromatic heterocycles. The monoisotopic (exact) mass is 542 g/mol. The first-order valence-corrected chi connectivity index (χ1v) is 11.6. The zero-order valence-corrected chi connectivity index (χ0v) is 22.9. The van der Waals surface area contributed by atoms with Crippen molar-refractivity contribution in [2.75, 3.05) is 47.4 Å². The summed E-state index contributed by atoms with van der Waals surface area (Å²) in [5.41, 5.74) is 0. The van der Waals surface area contributed by atoms with Crippen molar-refractivity contribution in [1.29, 1.82) is 0 Å². The minimum absolute atomic E-state index is 0.0590. The number of carbonyl (C=O) groups is 5. The summed E-state index contributed by atoms with van der Waals surface area (Å²) in [6.45, 7) is 7.44. The van der Waals surface area contributed by atoms with Crippen LogP contribution in [-0.4, -0.2) is 119 Å². The van der Waals surface area contributed by atoms with Crippen LogP contribution in [0.25, 0.3) is 0 Å². The van der Waals surface area contributed by atoms with Crippen molar-refractivity contribution in [2.24, 2.45) is 5.92 Å². The Morgan fingerprint density at radius 3 is 1.65 bits per heavy atom. The van der Waals surface area contributed by atoms with E-state index in [2.05, 4.69) is 31.2 Å². The number of ether oxygens (including phenoxy) is 1. The predicted molar refractivity (Wildman–Crippen MR) is 131 cm³/mol. The van der Waals surface area contributed by atoms with Crippen molar-refractivity contribution >= 4 is 29.8 Å². The van der Waals surface area contributed by atoms with E-state index in [-0.39, 0.29) is 31.6 Å². The van der Waals surface area contributed by atoms with Gasteiger partial charge in [0.1, 0.15) is 12.6 Å². The standard InChI is InChI=1S/C6H10O4.C5H9NO2.C5H14NO.C5H10O3.C2H4O2/c1-3-5(6(8)9)10-4(2)7;7-5(8)4-2-1-3-6-4;1-6(2,3)4-5-7;1-4(3-6)2-5(7)8;1-2(3)4/h5H,3H2,1-2H3,(H,8,9);4,6H,1-3H2,(H,7,8);7H,4-5H2,1-3H3;4,6H,2-3H2,1H3,(H,7,8);1H3,(H,3,4)/q;;+1;;/p-1/t;4-;;;/m.0.../s1. The minimum atomic E-state index is -1.11. The molecule has 0 radical (unpaired) electrons. The Labute approximate surface area is 218 Å². The maximum Gasteiger partial charge on any atom is 0.345 e. The Bertz CT molecular complexity index is 640. The number of carboxylic acids is 4. The average Bonchev–Trinajstić information content (AvgIpc) is 3.26. The predicted octanol–water partition coefficient (Wildman–Crippen LogP) is -1.23. The van der Waals surface area contributed by atoms with E-state index in [4.69, 9.17) is 30.3 Å². The van der Waals surface area contributed by atoms with E-state index >= 15 is 0 Å². The Balaban J connectivity index is -0.000000188. The number of hydrogen-bond donors (Lipinski definition) is 6. The SMILES string of the molecule is CC(=O)O.CC(CO)CC(=O)[O-].CCC(OC(C)=O)C(=O)O.C[N+](C)(C)CCO.O=C(O)[C@@H]1CCCN1. The number of carboxylic acid groups (broad SMARTS) is 4. The van der Waals surface area contributed by atoms with E-state index in [1.54, 1.807) is 13.8 Å². The fourth-order valence-electron chi connectivity index (χ4n) is 2.05. The Morgan fingerprint density at radius 1 is 1.05 bits per heavy atom. The molecule has 6 N–H and O–H groups in total. The molecule has 1 heterocycles. The maximum atomic E-state index is 10.2. The molecule has 2 unspecified atom stereocenters. The number of aliphatic carboxylic acids is 4. The number of carbonyl (C=O) groups excluding carboxylic acids is 2. The van der Waals surface area contributed by atoms with Gasteiger partial charge in [0.15, 0.2) is 6.10 Å². The second-order valence-electron chi connectivity index (χ2n) is 8.95. The van der Waals surface area contributed by atoms with Gasteiger partial charge in [0, 0.05) is 26.4 Å². The van der Waals surface area contributed by atoms with E-state index < -0.39 is 36.0 Å². The fraction of sp³-hybridized carbons (Fsp3) is 0.783. The van der Waals surface area contributed by atoms with Gasteiger partial charge in [-0.3, -0.25) is 14.4 Å². The van der Waals surface area contributed by atoms with Crippen molar-refractivity contribution in [2.45, 2.75) is 65.5 Å². The molecule has 14 heteroatoms. The molecule has 0 saturated carbocycles. The molecule has 0 bridgehead atoms. The van der Waals surface area contributed by atoms with Gasteiger partial charge in [0.2, 0.25) is 0 Å². The molecule has 220 valence electrons. The summed E-state index contributed by atoms with van der Waals surface area (Å²) in [7, 11) is 6.16. The van der Waals surface area contributed by atoms with E-state index in [0.717, 1.165) is 37.3 Å².